The van der Waals surface area contributed by atoms with E-state index in [9.17, 15) is 4.79 Å². The Bertz CT molecular complexity index is 274. The second kappa shape index (κ2) is 9.62. The predicted molar refractivity (Wildman–Crippen MR) is 86.3 cm³/mol. The van der Waals surface area contributed by atoms with Crippen LogP contribution in [-0.2, 0) is 4.79 Å². The van der Waals surface area contributed by atoms with E-state index in [4.69, 9.17) is 0 Å². The molecule has 2 aliphatic rings. The Morgan fingerprint density at radius 2 is 1.95 bits per heavy atom. The van der Waals surface area contributed by atoms with Crippen LogP contribution in [0.1, 0.15) is 64.7 Å². The molecule has 1 saturated carbocycles. The smallest absolute Gasteiger partial charge is 0.223 e. The minimum Gasteiger partial charge on any atom is -0.352 e. The van der Waals surface area contributed by atoms with Crippen LogP contribution in [-0.4, -0.2) is 25.0 Å². The van der Waals surface area contributed by atoms with Crippen LogP contribution in [0.3, 0.4) is 0 Å². The zero-order chi connectivity index (χ0) is 13.5. The molecule has 1 heterocycles. The largest absolute Gasteiger partial charge is 0.352 e. The lowest BCUT2D eigenvalue weighted by atomic mass is 9.81. The number of carbonyl (C=O) groups excluding carboxylic acids is 1. The standard InChI is InChI=1S/C16H30N2O.ClH/c1-2-14(11-13-7-4-3-5-8-13)16(19)18-15-9-6-10-17-12-15;/h13-15,17H,2-12H2,1H3,(H,18,19);1H. The molecule has 0 aromatic carbocycles. The first-order chi connectivity index (χ1) is 9.29. The van der Waals surface area contributed by atoms with Gasteiger partial charge in [-0.05, 0) is 38.1 Å². The minimum atomic E-state index is 0. The maximum absolute atomic E-state index is 12.4. The summed E-state index contributed by atoms with van der Waals surface area (Å²) in [5, 5.41) is 6.62. The van der Waals surface area contributed by atoms with Crippen molar-refractivity contribution in [1.29, 1.82) is 0 Å². The molecule has 4 heteroatoms. The van der Waals surface area contributed by atoms with Crippen molar-refractivity contribution in [2.75, 3.05) is 13.1 Å². The average molecular weight is 303 g/mol. The lowest BCUT2D eigenvalue weighted by Gasteiger charge is -2.28. The summed E-state index contributed by atoms with van der Waals surface area (Å²) in [5.41, 5.74) is 0. The van der Waals surface area contributed by atoms with E-state index in [2.05, 4.69) is 17.6 Å². The van der Waals surface area contributed by atoms with Gasteiger partial charge in [-0.15, -0.1) is 12.4 Å². The molecule has 0 spiro atoms. The number of carbonyl (C=O) groups is 1. The van der Waals surface area contributed by atoms with E-state index in [1.165, 1.54) is 38.5 Å². The summed E-state index contributed by atoms with van der Waals surface area (Å²) in [6, 6.07) is 0.363. The number of halogens is 1. The summed E-state index contributed by atoms with van der Waals surface area (Å²) < 4.78 is 0. The van der Waals surface area contributed by atoms with Gasteiger partial charge in [0.05, 0.1) is 0 Å². The Balaban J connectivity index is 0.00000200. The minimum absolute atomic E-state index is 0. The van der Waals surface area contributed by atoms with Crippen LogP contribution in [0.15, 0.2) is 0 Å². The SMILES string of the molecule is CCC(CC1CCCCC1)C(=O)NC1CCCNC1.Cl. The molecule has 1 aliphatic heterocycles. The van der Waals surface area contributed by atoms with E-state index >= 15 is 0 Å². The van der Waals surface area contributed by atoms with Gasteiger partial charge in [-0.2, -0.15) is 0 Å². The van der Waals surface area contributed by atoms with Gasteiger partial charge in [-0.25, -0.2) is 0 Å². The van der Waals surface area contributed by atoms with Crippen molar-refractivity contribution in [2.24, 2.45) is 11.8 Å². The Kier molecular flexibility index (Phi) is 8.55. The highest BCUT2D eigenvalue weighted by molar-refractivity contribution is 5.85. The van der Waals surface area contributed by atoms with Crippen LogP contribution < -0.4 is 10.6 Å². The van der Waals surface area contributed by atoms with E-state index in [0.29, 0.717) is 11.9 Å². The van der Waals surface area contributed by atoms with Crippen molar-refractivity contribution in [3.63, 3.8) is 0 Å². The number of rotatable bonds is 5. The molecule has 1 amide bonds. The monoisotopic (exact) mass is 302 g/mol. The van der Waals surface area contributed by atoms with Gasteiger partial charge in [0.1, 0.15) is 0 Å². The summed E-state index contributed by atoms with van der Waals surface area (Å²) in [6.07, 6.45) is 11.2. The van der Waals surface area contributed by atoms with E-state index < -0.39 is 0 Å². The Morgan fingerprint density at radius 3 is 2.55 bits per heavy atom. The van der Waals surface area contributed by atoms with E-state index in [-0.39, 0.29) is 18.3 Å². The third kappa shape index (κ3) is 5.61. The average Bonchev–Trinajstić information content (AvgIpc) is 2.47. The molecule has 0 aromatic heterocycles. The number of piperidine rings is 1. The lowest BCUT2D eigenvalue weighted by molar-refractivity contribution is -0.126. The van der Waals surface area contributed by atoms with Crippen molar-refractivity contribution >= 4 is 18.3 Å². The molecule has 118 valence electrons. The summed E-state index contributed by atoms with van der Waals surface area (Å²) in [7, 11) is 0. The first-order valence-corrected chi connectivity index (χ1v) is 8.30. The van der Waals surface area contributed by atoms with E-state index in [1.807, 2.05) is 0 Å². The molecule has 3 nitrogen and oxygen atoms in total. The number of amides is 1. The molecule has 2 N–H and O–H groups in total. The van der Waals surface area contributed by atoms with Crippen LogP contribution >= 0.6 is 12.4 Å². The predicted octanol–water partition coefficient (Wildman–Crippen LogP) is 3.27. The first kappa shape index (κ1) is 17.8. The van der Waals surface area contributed by atoms with Gasteiger partial charge in [0.25, 0.3) is 0 Å². The summed E-state index contributed by atoms with van der Waals surface area (Å²) in [4.78, 5) is 12.4. The van der Waals surface area contributed by atoms with Gasteiger partial charge < -0.3 is 10.6 Å². The van der Waals surface area contributed by atoms with E-state index in [1.54, 1.807) is 0 Å². The first-order valence-electron chi connectivity index (χ1n) is 8.30. The molecule has 20 heavy (non-hydrogen) atoms. The third-order valence-electron chi connectivity index (χ3n) is 4.85. The van der Waals surface area contributed by atoms with Gasteiger partial charge in [-0.1, -0.05) is 39.0 Å². The molecule has 0 bridgehead atoms. The molecular weight excluding hydrogens is 272 g/mol. The molecular formula is C16H31ClN2O. The molecule has 2 fully saturated rings. The lowest BCUT2D eigenvalue weighted by Crippen LogP contribution is -2.47. The van der Waals surface area contributed by atoms with Gasteiger partial charge >= 0.3 is 0 Å². The quantitative estimate of drug-likeness (QED) is 0.818. The van der Waals surface area contributed by atoms with Crippen molar-refractivity contribution in [3.05, 3.63) is 0 Å². The second-order valence-corrected chi connectivity index (χ2v) is 6.40. The number of hydrogen-bond donors (Lipinski definition) is 2. The summed E-state index contributed by atoms with van der Waals surface area (Å²) in [6.45, 7) is 4.21. The van der Waals surface area contributed by atoms with Crippen LogP contribution in [0.2, 0.25) is 0 Å². The van der Waals surface area contributed by atoms with Crippen LogP contribution in [0, 0.1) is 11.8 Å². The summed E-state index contributed by atoms with van der Waals surface area (Å²) >= 11 is 0. The van der Waals surface area contributed by atoms with Crippen LogP contribution in [0.25, 0.3) is 0 Å². The van der Waals surface area contributed by atoms with Gasteiger partial charge in [0.15, 0.2) is 0 Å². The van der Waals surface area contributed by atoms with Gasteiger partial charge in [0.2, 0.25) is 5.91 Å². The maximum atomic E-state index is 12.4. The van der Waals surface area contributed by atoms with Crippen molar-refractivity contribution in [1.82, 2.24) is 10.6 Å². The fourth-order valence-electron chi connectivity index (χ4n) is 3.58. The number of hydrogen-bond acceptors (Lipinski definition) is 2. The molecule has 0 radical (unpaired) electrons. The Hall–Kier alpha value is -0.280. The van der Waals surface area contributed by atoms with Crippen molar-refractivity contribution in [3.8, 4) is 0 Å². The molecule has 0 aromatic rings. The third-order valence-corrected chi connectivity index (χ3v) is 4.85. The normalized spacial score (nSPS) is 25.6. The van der Waals surface area contributed by atoms with Crippen molar-refractivity contribution in [2.45, 2.75) is 70.8 Å². The molecule has 2 rings (SSSR count). The maximum Gasteiger partial charge on any atom is 0.223 e. The van der Waals surface area contributed by atoms with Crippen molar-refractivity contribution < 1.29 is 4.79 Å². The molecule has 2 unspecified atom stereocenters. The number of nitrogens with one attached hydrogen (secondary N) is 2. The van der Waals surface area contributed by atoms with Gasteiger partial charge in [-0.3, -0.25) is 4.79 Å². The molecule has 1 saturated heterocycles. The zero-order valence-electron chi connectivity index (χ0n) is 12.8. The Morgan fingerprint density at radius 1 is 1.20 bits per heavy atom. The van der Waals surface area contributed by atoms with Crippen LogP contribution in [0.5, 0.6) is 0 Å². The second-order valence-electron chi connectivity index (χ2n) is 6.40. The Labute approximate surface area is 130 Å². The van der Waals surface area contributed by atoms with Gasteiger partial charge in [0, 0.05) is 18.5 Å². The zero-order valence-corrected chi connectivity index (χ0v) is 13.6. The van der Waals surface area contributed by atoms with E-state index in [0.717, 1.165) is 38.3 Å². The highest BCUT2D eigenvalue weighted by atomic mass is 35.5. The summed E-state index contributed by atoms with van der Waals surface area (Å²) in [5.74, 6) is 1.35. The highest BCUT2D eigenvalue weighted by Crippen LogP contribution is 2.30. The topological polar surface area (TPSA) is 41.1 Å². The van der Waals surface area contributed by atoms with Crippen LogP contribution in [0.4, 0.5) is 0 Å². The molecule has 2 atom stereocenters. The highest BCUT2D eigenvalue weighted by Gasteiger charge is 2.25. The fraction of sp³-hybridized carbons (Fsp3) is 0.938. The fourth-order valence-corrected chi connectivity index (χ4v) is 3.58. The molecule has 1 aliphatic carbocycles.